The largest absolute Gasteiger partial charge is 0.497 e. The highest BCUT2D eigenvalue weighted by Gasteiger charge is 2.40. The number of hydrogen-bond acceptors (Lipinski definition) is 6. The van der Waals surface area contributed by atoms with Gasteiger partial charge < -0.3 is 14.2 Å². The Balaban J connectivity index is 1.28. The second-order valence-electron chi connectivity index (χ2n) is 8.71. The van der Waals surface area contributed by atoms with Crippen LogP contribution in [0.3, 0.4) is 0 Å². The number of esters is 1. The molecule has 0 N–H and O–H groups in total. The number of para-hydroxylation sites is 1. The summed E-state index contributed by atoms with van der Waals surface area (Å²) in [4.78, 5) is 12.4. The van der Waals surface area contributed by atoms with Crippen LogP contribution >= 0.6 is 0 Å². The van der Waals surface area contributed by atoms with Crippen LogP contribution in [0.5, 0.6) is 17.2 Å². The van der Waals surface area contributed by atoms with Crippen LogP contribution < -0.4 is 14.2 Å². The number of methoxy groups -OCH3 is 1. The molecule has 6 nitrogen and oxygen atoms in total. The molecule has 4 aromatic rings. The number of carbonyl (C=O) groups excluding carboxylic acids is 1. The number of carbonyl (C=O) groups is 1. The van der Waals surface area contributed by atoms with Crippen LogP contribution in [0.1, 0.15) is 45.7 Å². The third-order valence-electron chi connectivity index (χ3n) is 6.51. The summed E-state index contributed by atoms with van der Waals surface area (Å²) >= 11 is 0. The maximum absolute atomic E-state index is 12.4. The van der Waals surface area contributed by atoms with Gasteiger partial charge in [0.25, 0.3) is 0 Å². The van der Waals surface area contributed by atoms with E-state index in [0.29, 0.717) is 11.3 Å². The average molecular weight is 477 g/mol. The molecule has 4 aromatic carbocycles. The van der Waals surface area contributed by atoms with Crippen LogP contribution in [0.2, 0.25) is 0 Å². The lowest BCUT2D eigenvalue weighted by molar-refractivity contribution is -0.0190. The van der Waals surface area contributed by atoms with Gasteiger partial charge in [0.2, 0.25) is 6.23 Å². The number of ether oxygens (including phenoxy) is 3. The number of benzene rings is 4. The van der Waals surface area contributed by atoms with Crippen molar-refractivity contribution in [2.45, 2.75) is 18.7 Å². The fourth-order valence-electron chi connectivity index (χ4n) is 4.65. The summed E-state index contributed by atoms with van der Waals surface area (Å²) in [5, 5.41) is 7.04. The molecule has 6 heteroatoms. The van der Waals surface area contributed by atoms with Crippen LogP contribution in [-0.4, -0.2) is 23.8 Å². The summed E-state index contributed by atoms with van der Waals surface area (Å²) < 4.78 is 17.3. The van der Waals surface area contributed by atoms with Gasteiger partial charge in [0, 0.05) is 17.5 Å². The van der Waals surface area contributed by atoms with E-state index >= 15 is 0 Å². The zero-order valence-corrected chi connectivity index (χ0v) is 19.7. The van der Waals surface area contributed by atoms with E-state index in [0.717, 1.165) is 40.3 Å². The van der Waals surface area contributed by atoms with Gasteiger partial charge in [-0.15, -0.1) is 0 Å². The monoisotopic (exact) mass is 476 g/mol. The predicted molar refractivity (Wildman–Crippen MR) is 136 cm³/mol. The second-order valence-corrected chi connectivity index (χ2v) is 8.71. The molecule has 36 heavy (non-hydrogen) atoms. The van der Waals surface area contributed by atoms with E-state index in [9.17, 15) is 4.79 Å². The Morgan fingerprint density at radius 1 is 0.861 bits per heavy atom. The van der Waals surface area contributed by atoms with Crippen molar-refractivity contribution in [2.24, 2.45) is 5.10 Å². The standard InChI is InChI=1S/C30H24N2O4/c1-34-23-15-11-20(12-16-23)26-19-27-25-9-5-6-10-28(25)36-29(32(27)31-26)21-13-17-24(18-14-21)35-30(33)22-7-3-2-4-8-22/h2-18,27,29H,19H2,1H3/t27-,29-/m1/s1. The molecular formula is C30H24N2O4. The summed E-state index contributed by atoms with van der Waals surface area (Å²) in [5.41, 5.74) is 4.61. The first-order chi connectivity index (χ1) is 17.7. The van der Waals surface area contributed by atoms with E-state index in [1.54, 1.807) is 31.4 Å². The Hall–Kier alpha value is -4.58. The van der Waals surface area contributed by atoms with Crippen LogP contribution in [0.25, 0.3) is 0 Å². The molecular weight excluding hydrogens is 452 g/mol. The van der Waals surface area contributed by atoms with E-state index in [1.165, 1.54) is 0 Å². The van der Waals surface area contributed by atoms with E-state index < -0.39 is 6.23 Å². The highest BCUT2D eigenvalue weighted by atomic mass is 16.5. The smallest absolute Gasteiger partial charge is 0.343 e. The number of hydrazone groups is 1. The minimum absolute atomic E-state index is 0.0626. The van der Waals surface area contributed by atoms with Gasteiger partial charge in [-0.05, 0) is 72.3 Å². The van der Waals surface area contributed by atoms with Crippen LogP contribution in [0.4, 0.5) is 0 Å². The van der Waals surface area contributed by atoms with E-state index in [1.807, 2.05) is 77.8 Å². The number of nitrogens with zero attached hydrogens (tertiary/aromatic N) is 2. The molecule has 2 aliphatic rings. The lowest BCUT2D eigenvalue weighted by Crippen LogP contribution is -2.33. The van der Waals surface area contributed by atoms with Crippen molar-refractivity contribution in [1.29, 1.82) is 0 Å². The molecule has 0 radical (unpaired) electrons. The van der Waals surface area contributed by atoms with Crippen molar-refractivity contribution < 1.29 is 19.0 Å². The number of fused-ring (bicyclic) bond motifs is 3. The third kappa shape index (κ3) is 4.07. The average Bonchev–Trinajstić information content (AvgIpc) is 3.39. The Morgan fingerprint density at radius 2 is 1.56 bits per heavy atom. The molecule has 2 aliphatic heterocycles. The third-order valence-corrected chi connectivity index (χ3v) is 6.51. The molecule has 0 aliphatic carbocycles. The quantitative estimate of drug-likeness (QED) is 0.255. The first-order valence-electron chi connectivity index (χ1n) is 11.8. The van der Waals surface area contributed by atoms with Gasteiger partial charge >= 0.3 is 5.97 Å². The summed E-state index contributed by atoms with van der Waals surface area (Å²) in [5.74, 6) is 1.76. The van der Waals surface area contributed by atoms with Crippen molar-refractivity contribution in [3.8, 4) is 17.2 Å². The number of rotatable bonds is 5. The molecule has 0 saturated heterocycles. The molecule has 0 amide bonds. The first kappa shape index (κ1) is 21.9. The van der Waals surface area contributed by atoms with E-state index in [2.05, 4.69) is 6.07 Å². The normalized spacial score (nSPS) is 17.9. The minimum atomic E-state index is -0.403. The van der Waals surface area contributed by atoms with Gasteiger partial charge in [-0.25, -0.2) is 9.80 Å². The van der Waals surface area contributed by atoms with Gasteiger partial charge in [-0.1, -0.05) is 36.4 Å². The first-order valence-corrected chi connectivity index (χ1v) is 11.8. The van der Waals surface area contributed by atoms with Crippen molar-refractivity contribution in [2.75, 3.05) is 7.11 Å². The molecule has 0 unspecified atom stereocenters. The van der Waals surface area contributed by atoms with Crippen molar-refractivity contribution >= 4 is 11.7 Å². The summed E-state index contributed by atoms with van der Waals surface area (Å²) in [6.07, 6.45) is 0.371. The second kappa shape index (κ2) is 9.23. The van der Waals surface area contributed by atoms with Crippen LogP contribution in [-0.2, 0) is 0 Å². The maximum Gasteiger partial charge on any atom is 0.343 e. The topological polar surface area (TPSA) is 60.4 Å². The highest BCUT2D eigenvalue weighted by Crippen LogP contribution is 2.47. The van der Waals surface area contributed by atoms with Gasteiger partial charge in [0.15, 0.2) is 0 Å². The minimum Gasteiger partial charge on any atom is -0.497 e. The fraction of sp³-hybridized carbons (Fsp3) is 0.133. The van der Waals surface area contributed by atoms with Gasteiger partial charge in [0.05, 0.1) is 24.4 Å². The Kier molecular flexibility index (Phi) is 5.62. The zero-order valence-electron chi connectivity index (χ0n) is 19.7. The van der Waals surface area contributed by atoms with Crippen LogP contribution in [0.15, 0.2) is 108 Å². The molecule has 0 fully saturated rings. The van der Waals surface area contributed by atoms with Gasteiger partial charge in [-0.3, -0.25) is 0 Å². The zero-order chi connectivity index (χ0) is 24.5. The van der Waals surface area contributed by atoms with Crippen molar-refractivity contribution in [1.82, 2.24) is 5.01 Å². The highest BCUT2D eigenvalue weighted by molar-refractivity contribution is 6.02. The van der Waals surface area contributed by atoms with Gasteiger partial charge in [0.1, 0.15) is 17.2 Å². The molecule has 2 heterocycles. The van der Waals surface area contributed by atoms with Crippen molar-refractivity contribution in [3.63, 3.8) is 0 Å². The lowest BCUT2D eigenvalue weighted by Gasteiger charge is -2.38. The molecule has 178 valence electrons. The molecule has 0 spiro atoms. The predicted octanol–water partition coefficient (Wildman–Crippen LogP) is 6.16. The fourth-order valence-corrected chi connectivity index (χ4v) is 4.65. The van der Waals surface area contributed by atoms with Crippen molar-refractivity contribution in [3.05, 3.63) is 125 Å². The summed E-state index contributed by atoms with van der Waals surface area (Å²) in [6, 6.07) is 32.5. The van der Waals surface area contributed by atoms with E-state index in [-0.39, 0.29) is 12.0 Å². The SMILES string of the molecule is COc1ccc(C2=NN3[C@H](C2)c2ccccc2O[C@@H]3c2ccc(OC(=O)c3ccccc3)cc2)cc1. The maximum atomic E-state index is 12.4. The molecule has 0 aromatic heterocycles. The summed E-state index contributed by atoms with van der Waals surface area (Å²) in [6.45, 7) is 0. The Labute approximate surface area is 209 Å². The lowest BCUT2D eigenvalue weighted by atomic mass is 9.96. The van der Waals surface area contributed by atoms with E-state index in [4.69, 9.17) is 19.3 Å². The molecule has 6 rings (SSSR count). The van der Waals surface area contributed by atoms with Crippen LogP contribution in [0, 0.1) is 0 Å². The Bertz CT molecular complexity index is 1420. The van der Waals surface area contributed by atoms with Gasteiger partial charge in [-0.2, -0.15) is 5.10 Å². The Morgan fingerprint density at radius 3 is 2.31 bits per heavy atom. The summed E-state index contributed by atoms with van der Waals surface area (Å²) in [7, 11) is 1.66. The number of hydrogen-bond donors (Lipinski definition) is 0. The molecule has 0 saturated carbocycles. The molecule has 2 atom stereocenters. The molecule has 0 bridgehead atoms.